The van der Waals surface area contributed by atoms with E-state index in [9.17, 15) is 4.79 Å². The zero-order valence-corrected chi connectivity index (χ0v) is 13.5. The molecule has 21 heavy (non-hydrogen) atoms. The molecule has 108 valence electrons. The molecule has 0 spiro atoms. The number of aryl methyl sites for hydroxylation is 1. The fraction of sp³-hybridized carbons (Fsp3) is 0.0667. The largest absolute Gasteiger partial charge is 0.380 e. The Kier molecular flexibility index (Phi) is 4.98. The summed E-state index contributed by atoms with van der Waals surface area (Å²) in [5.74, 6) is -0.542. The summed E-state index contributed by atoms with van der Waals surface area (Å²) >= 11 is 9.31. The van der Waals surface area contributed by atoms with Gasteiger partial charge in [-0.3, -0.25) is 0 Å². The highest BCUT2D eigenvalue weighted by Crippen LogP contribution is 2.18. The predicted octanol–water partition coefficient (Wildman–Crippen LogP) is 3.89. The summed E-state index contributed by atoms with van der Waals surface area (Å²) in [4.78, 5) is 16.7. The maximum atomic E-state index is 11.9. The van der Waals surface area contributed by atoms with Crippen LogP contribution in [-0.4, -0.2) is 11.8 Å². The van der Waals surface area contributed by atoms with Gasteiger partial charge in [0, 0.05) is 10.0 Å². The molecule has 0 fully saturated rings. The zero-order valence-electron chi connectivity index (χ0n) is 11.1. The molecule has 0 saturated carbocycles. The number of hydrogen-bond acceptors (Lipinski definition) is 3. The number of benzene rings is 2. The van der Waals surface area contributed by atoms with Crippen LogP contribution in [0.5, 0.6) is 0 Å². The Bertz CT molecular complexity index is 699. The number of carbonyl (C=O) groups excluding carboxylic acids is 1. The van der Waals surface area contributed by atoms with Crippen LogP contribution in [-0.2, 0) is 4.84 Å². The molecule has 0 saturated heterocycles. The van der Waals surface area contributed by atoms with Gasteiger partial charge < -0.3 is 10.6 Å². The lowest BCUT2D eigenvalue weighted by Crippen LogP contribution is -2.15. The molecule has 2 rings (SSSR count). The van der Waals surface area contributed by atoms with Gasteiger partial charge in [-0.05, 0) is 36.8 Å². The van der Waals surface area contributed by atoms with Crippen LogP contribution in [0.1, 0.15) is 21.5 Å². The number of nitrogens with zero attached hydrogens (tertiary/aromatic N) is 1. The van der Waals surface area contributed by atoms with Crippen LogP contribution >= 0.6 is 27.5 Å². The van der Waals surface area contributed by atoms with E-state index < -0.39 is 5.97 Å². The lowest BCUT2D eigenvalue weighted by Gasteiger charge is -2.03. The van der Waals surface area contributed by atoms with Crippen molar-refractivity contribution >= 4 is 39.3 Å². The minimum absolute atomic E-state index is 0.110. The van der Waals surface area contributed by atoms with Gasteiger partial charge in [0.15, 0.2) is 5.84 Å². The molecule has 0 unspecified atom stereocenters. The summed E-state index contributed by atoms with van der Waals surface area (Å²) in [6, 6.07) is 12.2. The Labute approximate surface area is 135 Å². The summed E-state index contributed by atoms with van der Waals surface area (Å²) in [6.45, 7) is 1.88. The molecular formula is C15H12BrClN2O2. The molecule has 0 aliphatic heterocycles. The monoisotopic (exact) mass is 366 g/mol. The Hall–Kier alpha value is -1.85. The molecule has 0 atom stereocenters. The van der Waals surface area contributed by atoms with Crippen LogP contribution in [0, 0.1) is 6.92 Å². The quantitative estimate of drug-likeness (QED) is 0.387. The molecule has 2 aromatic carbocycles. The van der Waals surface area contributed by atoms with E-state index in [0.29, 0.717) is 10.6 Å². The number of oxime groups is 1. The minimum atomic E-state index is -0.653. The van der Waals surface area contributed by atoms with Crippen molar-refractivity contribution in [1.82, 2.24) is 0 Å². The Morgan fingerprint density at radius 1 is 1.24 bits per heavy atom. The highest BCUT2D eigenvalue weighted by atomic mass is 79.9. The van der Waals surface area contributed by atoms with Crippen LogP contribution in [0.25, 0.3) is 0 Å². The molecule has 4 nitrogen and oxygen atoms in total. The first-order chi connectivity index (χ1) is 9.97. The maximum absolute atomic E-state index is 11.9. The van der Waals surface area contributed by atoms with Crippen molar-refractivity contribution in [3.63, 3.8) is 0 Å². The zero-order chi connectivity index (χ0) is 15.4. The average Bonchev–Trinajstić information content (AvgIpc) is 2.45. The van der Waals surface area contributed by atoms with Gasteiger partial charge in [-0.25, -0.2) is 4.79 Å². The Morgan fingerprint density at radius 3 is 2.52 bits per heavy atom. The van der Waals surface area contributed by atoms with Crippen molar-refractivity contribution in [1.29, 1.82) is 0 Å². The molecule has 0 amide bonds. The highest BCUT2D eigenvalue weighted by molar-refractivity contribution is 9.10. The van der Waals surface area contributed by atoms with Crippen LogP contribution in [0.4, 0.5) is 0 Å². The number of hydrogen-bond donors (Lipinski definition) is 1. The number of rotatable bonds is 3. The van der Waals surface area contributed by atoms with E-state index in [4.69, 9.17) is 22.2 Å². The third-order valence-electron chi connectivity index (χ3n) is 2.71. The van der Waals surface area contributed by atoms with Gasteiger partial charge in [0.1, 0.15) is 0 Å². The van der Waals surface area contributed by atoms with Crippen molar-refractivity contribution < 1.29 is 9.63 Å². The molecule has 0 radical (unpaired) electrons. The van der Waals surface area contributed by atoms with E-state index in [1.54, 1.807) is 30.3 Å². The first-order valence-electron chi connectivity index (χ1n) is 6.04. The maximum Gasteiger partial charge on any atom is 0.367 e. The lowest BCUT2D eigenvalue weighted by atomic mass is 10.1. The number of nitrogens with two attached hydrogens (primary N) is 1. The van der Waals surface area contributed by atoms with E-state index in [0.717, 1.165) is 10.0 Å². The molecule has 0 aliphatic rings. The second kappa shape index (κ2) is 6.74. The first kappa shape index (κ1) is 15.5. The van der Waals surface area contributed by atoms with Gasteiger partial charge in [-0.15, -0.1) is 0 Å². The van der Waals surface area contributed by atoms with Gasteiger partial charge in [-0.2, -0.15) is 0 Å². The second-order valence-corrected chi connectivity index (χ2v) is 5.67. The number of amidine groups is 1. The molecule has 2 aromatic rings. The number of carbonyl (C=O) groups is 1. The van der Waals surface area contributed by atoms with E-state index in [1.807, 2.05) is 19.1 Å². The molecule has 0 heterocycles. The SMILES string of the molecule is Cc1ccc(C(=O)ON=C(N)c2ccc(Br)cc2)c(Cl)c1. The normalized spacial score (nSPS) is 11.3. The van der Waals surface area contributed by atoms with Crippen molar-refractivity contribution in [3.05, 3.63) is 68.7 Å². The van der Waals surface area contributed by atoms with Gasteiger partial charge >= 0.3 is 5.97 Å². The molecule has 0 aliphatic carbocycles. The van der Waals surface area contributed by atoms with Crippen LogP contribution < -0.4 is 5.73 Å². The second-order valence-electron chi connectivity index (χ2n) is 4.35. The first-order valence-corrected chi connectivity index (χ1v) is 7.21. The average molecular weight is 368 g/mol. The lowest BCUT2D eigenvalue weighted by molar-refractivity contribution is 0.0516. The van der Waals surface area contributed by atoms with E-state index in [2.05, 4.69) is 21.1 Å². The summed E-state index contributed by atoms with van der Waals surface area (Å²) < 4.78 is 0.919. The van der Waals surface area contributed by atoms with Crippen LogP contribution in [0.15, 0.2) is 52.1 Å². The van der Waals surface area contributed by atoms with Gasteiger partial charge in [0.25, 0.3) is 0 Å². The summed E-state index contributed by atoms with van der Waals surface area (Å²) in [5.41, 5.74) is 7.61. The topological polar surface area (TPSA) is 64.7 Å². The van der Waals surface area contributed by atoms with E-state index in [-0.39, 0.29) is 11.4 Å². The van der Waals surface area contributed by atoms with Crippen molar-refractivity contribution in [2.24, 2.45) is 10.9 Å². The Balaban J connectivity index is 2.12. The minimum Gasteiger partial charge on any atom is -0.380 e. The molecular weight excluding hydrogens is 356 g/mol. The van der Waals surface area contributed by atoms with Crippen LogP contribution in [0.2, 0.25) is 5.02 Å². The molecule has 6 heteroatoms. The van der Waals surface area contributed by atoms with Crippen molar-refractivity contribution in [2.45, 2.75) is 6.92 Å². The third kappa shape index (κ3) is 4.06. The summed E-state index contributed by atoms with van der Waals surface area (Å²) in [7, 11) is 0. The highest BCUT2D eigenvalue weighted by Gasteiger charge is 2.12. The molecule has 0 bridgehead atoms. The van der Waals surface area contributed by atoms with Crippen molar-refractivity contribution in [3.8, 4) is 0 Å². The molecule has 0 aromatic heterocycles. The van der Waals surface area contributed by atoms with E-state index >= 15 is 0 Å². The van der Waals surface area contributed by atoms with E-state index in [1.165, 1.54) is 0 Å². The van der Waals surface area contributed by atoms with Gasteiger partial charge in [-0.1, -0.05) is 50.9 Å². The predicted molar refractivity (Wildman–Crippen MR) is 86.5 cm³/mol. The van der Waals surface area contributed by atoms with Gasteiger partial charge in [0.05, 0.1) is 10.6 Å². The molecule has 2 N–H and O–H groups in total. The third-order valence-corrected chi connectivity index (χ3v) is 3.55. The standard InChI is InChI=1S/C15H12BrClN2O2/c1-9-2-7-12(13(17)8-9)15(20)21-19-14(18)10-3-5-11(16)6-4-10/h2-8H,1H3,(H2,18,19). The smallest absolute Gasteiger partial charge is 0.367 e. The van der Waals surface area contributed by atoms with Crippen LogP contribution in [0.3, 0.4) is 0 Å². The van der Waals surface area contributed by atoms with Crippen molar-refractivity contribution in [2.75, 3.05) is 0 Å². The Morgan fingerprint density at radius 2 is 1.90 bits per heavy atom. The summed E-state index contributed by atoms with van der Waals surface area (Å²) in [5, 5.41) is 3.95. The van der Waals surface area contributed by atoms with Gasteiger partial charge in [0.2, 0.25) is 0 Å². The number of halogens is 2. The fourth-order valence-corrected chi connectivity index (χ4v) is 2.18. The fourth-order valence-electron chi connectivity index (χ4n) is 1.60. The summed E-state index contributed by atoms with van der Waals surface area (Å²) in [6.07, 6.45) is 0.